The summed E-state index contributed by atoms with van der Waals surface area (Å²) in [5.41, 5.74) is 6.02. The summed E-state index contributed by atoms with van der Waals surface area (Å²) < 4.78 is 0. The minimum absolute atomic E-state index is 0.173. The van der Waals surface area contributed by atoms with E-state index in [2.05, 4.69) is 15.6 Å². The summed E-state index contributed by atoms with van der Waals surface area (Å²) in [6.07, 6.45) is 2.45. The van der Waals surface area contributed by atoms with Crippen molar-refractivity contribution in [1.29, 1.82) is 0 Å². The maximum Gasteiger partial charge on any atom is 0.243 e. The zero-order valence-corrected chi connectivity index (χ0v) is 11.9. The van der Waals surface area contributed by atoms with Crippen LogP contribution in [0.15, 0.2) is 18.3 Å². The van der Waals surface area contributed by atoms with Crippen molar-refractivity contribution < 1.29 is 14.4 Å². The second-order valence-corrected chi connectivity index (χ2v) is 5.20. The van der Waals surface area contributed by atoms with Gasteiger partial charge in [-0.05, 0) is 18.1 Å². The molecule has 1 fully saturated rings. The molecule has 3 amide bonds. The first kappa shape index (κ1) is 15.2. The molecule has 0 bridgehead atoms. The van der Waals surface area contributed by atoms with E-state index < -0.39 is 23.9 Å². The Hall–Kier alpha value is -2.15. The first-order valence-electron chi connectivity index (χ1n) is 6.45. The molecule has 0 radical (unpaired) electrons. The van der Waals surface area contributed by atoms with Gasteiger partial charge in [-0.25, -0.2) is 4.98 Å². The number of halogens is 1. The van der Waals surface area contributed by atoms with Crippen molar-refractivity contribution >= 4 is 29.3 Å². The standard InChI is InChI=1S/C13H15ClN4O3/c14-10-3-1-7(6-16-10)5-9(12(15)20)18-13(21)8-2-4-11(19)17-8/h1,3,6,8-9H,2,4-5H2,(H2,15,20)(H,17,19)(H,18,21)/t8-,9+/m1/s1. The van der Waals surface area contributed by atoms with Crippen LogP contribution in [0.5, 0.6) is 0 Å². The molecule has 1 aliphatic rings. The van der Waals surface area contributed by atoms with Crippen molar-refractivity contribution in [3.63, 3.8) is 0 Å². The Morgan fingerprint density at radius 1 is 1.52 bits per heavy atom. The molecule has 2 heterocycles. The van der Waals surface area contributed by atoms with Crippen LogP contribution in [0, 0.1) is 0 Å². The van der Waals surface area contributed by atoms with Gasteiger partial charge in [0.1, 0.15) is 17.2 Å². The Kier molecular flexibility index (Phi) is 4.74. The molecule has 0 aliphatic carbocycles. The monoisotopic (exact) mass is 310 g/mol. The number of nitrogens with one attached hydrogen (secondary N) is 2. The summed E-state index contributed by atoms with van der Waals surface area (Å²) >= 11 is 5.68. The number of aromatic nitrogens is 1. The summed E-state index contributed by atoms with van der Waals surface area (Å²) in [4.78, 5) is 38.4. The molecule has 0 saturated carbocycles. The summed E-state index contributed by atoms with van der Waals surface area (Å²) in [7, 11) is 0. The average molecular weight is 311 g/mol. The number of hydrogen-bond donors (Lipinski definition) is 3. The Labute approximate surface area is 126 Å². The summed E-state index contributed by atoms with van der Waals surface area (Å²) in [6, 6.07) is 1.82. The predicted molar refractivity (Wildman–Crippen MR) is 75.2 cm³/mol. The molecule has 0 unspecified atom stereocenters. The van der Waals surface area contributed by atoms with Gasteiger partial charge in [0.15, 0.2) is 0 Å². The molecule has 1 saturated heterocycles. The van der Waals surface area contributed by atoms with Crippen LogP contribution in [0.2, 0.25) is 5.15 Å². The van der Waals surface area contributed by atoms with E-state index in [1.807, 2.05) is 0 Å². The fourth-order valence-electron chi connectivity index (χ4n) is 2.07. The summed E-state index contributed by atoms with van der Waals surface area (Å²) in [5, 5.41) is 5.43. The van der Waals surface area contributed by atoms with Gasteiger partial charge in [-0.1, -0.05) is 17.7 Å². The van der Waals surface area contributed by atoms with Crippen molar-refractivity contribution in [2.45, 2.75) is 31.3 Å². The maximum atomic E-state index is 12.0. The van der Waals surface area contributed by atoms with E-state index in [9.17, 15) is 14.4 Å². The van der Waals surface area contributed by atoms with Crippen molar-refractivity contribution in [2.24, 2.45) is 5.73 Å². The second kappa shape index (κ2) is 6.53. The third-order valence-corrected chi connectivity index (χ3v) is 3.42. The van der Waals surface area contributed by atoms with E-state index >= 15 is 0 Å². The van der Waals surface area contributed by atoms with E-state index in [1.165, 1.54) is 6.20 Å². The SMILES string of the molecule is NC(=O)[C@H](Cc1ccc(Cl)nc1)NC(=O)[C@H]1CCC(=O)N1. The molecule has 2 atom stereocenters. The fraction of sp³-hybridized carbons (Fsp3) is 0.385. The lowest BCUT2D eigenvalue weighted by molar-refractivity contribution is -0.129. The highest BCUT2D eigenvalue weighted by atomic mass is 35.5. The molecule has 1 aliphatic heterocycles. The number of carbonyl (C=O) groups excluding carboxylic acids is 3. The third kappa shape index (κ3) is 4.16. The number of nitrogens with zero attached hydrogens (tertiary/aromatic N) is 1. The lowest BCUT2D eigenvalue weighted by atomic mass is 10.1. The van der Waals surface area contributed by atoms with Gasteiger partial charge in [-0.15, -0.1) is 0 Å². The van der Waals surface area contributed by atoms with Gasteiger partial charge in [-0.2, -0.15) is 0 Å². The quantitative estimate of drug-likeness (QED) is 0.638. The molecule has 1 aromatic heterocycles. The topological polar surface area (TPSA) is 114 Å². The molecule has 112 valence electrons. The van der Waals surface area contributed by atoms with Crippen molar-refractivity contribution in [3.05, 3.63) is 29.0 Å². The van der Waals surface area contributed by atoms with E-state index in [1.54, 1.807) is 12.1 Å². The van der Waals surface area contributed by atoms with E-state index in [4.69, 9.17) is 17.3 Å². The Morgan fingerprint density at radius 2 is 2.29 bits per heavy atom. The zero-order chi connectivity index (χ0) is 15.4. The zero-order valence-electron chi connectivity index (χ0n) is 11.1. The Balaban J connectivity index is 1.99. The lowest BCUT2D eigenvalue weighted by Gasteiger charge is -2.18. The Morgan fingerprint density at radius 3 is 2.81 bits per heavy atom. The number of nitrogens with two attached hydrogens (primary N) is 1. The van der Waals surface area contributed by atoms with Crippen molar-refractivity contribution in [3.8, 4) is 0 Å². The van der Waals surface area contributed by atoms with Gasteiger partial charge < -0.3 is 16.4 Å². The minimum Gasteiger partial charge on any atom is -0.368 e. The molecule has 7 nitrogen and oxygen atoms in total. The van der Waals surface area contributed by atoms with E-state index in [0.29, 0.717) is 18.0 Å². The van der Waals surface area contributed by atoms with Crippen molar-refractivity contribution in [2.75, 3.05) is 0 Å². The summed E-state index contributed by atoms with van der Waals surface area (Å²) in [5.74, 6) is -1.23. The second-order valence-electron chi connectivity index (χ2n) is 4.82. The molecule has 0 spiro atoms. The highest BCUT2D eigenvalue weighted by molar-refractivity contribution is 6.29. The molecule has 21 heavy (non-hydrogen) atoms. The lowest BCUT2D eigenvalue weighted by Crippen LogP contribution is -2.51. The average Bonchev–Trinajstić information content (AvgIpc) is 2.87. The van der Waals surface area contributed by atoms with Crippen LogP contribution in [0.1, 0.15) is 18.4 Å². The van der Waals surface area contributed by atoms with Gasteiger partial charge in [0.05, 0.1) is 0 Å². The van der Waals surface area contributed by atoms with E-state index in [0.717, 1.165) is 5.56 Å². The smallest absolute Gasteiger partial charge is 0.243 e. The molecule has 8 heteroatoms. The largest absolute Gasteiger partial charge is 0.368 e. The van der Waals surface area contributed by atoms with Crippen LogP contribution in [-0.4, -0.2) is 34.8 Å². The minimum atomic E-state index is -0.863. The van der Waals surface area contributed by atoms with Crippen LogP contribution in [0.25, 0.3) is 0 Å². The number of hydrogen-bond acceptors (Lipinski definition) is 4. The fourth-order valence-corrected chi connectivity index (χ4v) is 2.18. The van der Waals surface area contributed by atoms with Crippen LogP contribution in [0.4, 0.5) is 0 Å². The van der Waals surface area contributed by atoms with Gasteiger partial charge >= 0.3 is 0 Å². The molecule has 4 N–H and O–H groups in total. The van der Waals surface area contributed by atoms with Gasteiger partial charge in [0.2, 0.25) is 17.7 Å². The first-order valence-corrected chi connectivity index (χ1v) is 6.83. The van der Waals surface area contributed by atoms with Crippen LogP contribution < -0.4 is 16.4 Å². The molecule has 2 rings (SSSR count). The molecular weight excluding hydrogens is 296 g/mol. The van der Waals surface area contributed by atoms with Gasteiger partial charge in [-0.3, -0.25) is 14.4 Å². The van der Waals surface area contributed by atoms with Gasteiger partial charge in [0, 0.05) is 19.0 Å². The van der Waals surface area contributed by atoms with Gasteiger partial charge in [0.25, 0.3) is 0 Å². The van der Waals surface area contributed by atoms with E-state index in [-0.39, 0.29) is 12.3 Å². The maximum absolute atomic E-state index is 12.0. The number of rotatable bonds is 5. The number of amides is 3. The highest BCUT2D eigenvalue weighted by Crippen LogP contribution is 2.09. The Bertz CT molecular complexity index is 561. The third-order valence-electron chi connectivity index (χ3n) is 3.20. The summed E-state index contributed by atoms with van der Waals surface area (Å²) in [6.45, 7) is 0. The van der Waals surface area contributed by atoms with Crippen LogP contribution in [0.3, 0.4) is 0 Å². The number of carbonyl (C=O) groups is 3. The molecule has 1 aromatic rings. The molecular formula is C13H15ClN4O3. The predicted octanol–water partition coefficient (Wildman–Crippen LogP) is -0.474. The number of primary amides is 1. The normalized spacial score (nSPS) is 18.9. The number of pyridine rings is 1. The van der Waals surface area contributed by atoms with Crippen LogP contribution >= 0.6 is 11.6 Å². The van der Waals surface area contributed by atoms with Crippen molar-refractivity contribution in [1.82, 2.24) is 15.6 Å². The van der Waals surface area contributed by atoms with Crippen LogP contribution in [-0.2, 0) is 20.8 Å². The highest BCUT2D eigenvalue weighted by Gasteiger charge is 2.29. The molecule has 0 aromatic carbocycles. The first-order chi connectivity index (χ1) is 9.95.